The van der Waals surface area contributed by atoms with Crippen LogP contribution in [0.25, 0.3) is 0 Å². The van der Waals surface area contributed by atoms with E-state index in [9.17, 15) is 9.59 Å². The molecule has 2 N–H and O–H groups in total. The quantitative estimate of drug-likeness (QED) is 0.723. The molecule has 0 bridgehead atoms. The number of nitrogens with zero attached hydrogens (tertiary/aromatic N) is 1. The zero-order chi connectivity index (χ0) is 21.0. The Labute approximate surface area is 176 Å². The number of aryl methyl sites for hydroxylation is 2. The fraction of sp³-hybridized carbons (Fsp3) is 0.455. The van der Waals surface area contributed by atoms with Crippen molar-refractivity contribution < 1.29 is 14.3 Å². The van der Waals surface area contributed by atoms with E-state index < -0.39 is 0 Å². The van der Waals surface area contributed by atoms with Crippen LogP contribution >= 0.6 is 11.6 Å². The molecule has 7 heteroatoms. The largest absolute Gasteiger partial charge is 0.495 e. The minimum atomic E-state index is -0.0504. The third-order valence-corrected chi connectivity index (χ3v) is 5.68. The molecule has 6 nitrogen and oxygen atoms in total. The first-order valence-electron chi connectivity index (χ1n) is 9.96. The highest BCUT2D eigenvalue weighted by Gasteiger charge is 2.26. The van der Waals surface area contributed by atoms with Crippen LogP contribution in [0.4, 0.5) is 5.69 Å². The Morgan fingerprint density at radius 2 is 2.10 bits per heavy atom. The van der Waals surface area contributed by atoms with Crippen LogP contribution in [0.3, 0.4) is 0 Å². The zero-order valence-electron chi connectivity index (χ0n) is 17.2. The van der Waals surface area contributed by atoms with E-state index in [0.717, 1.165) is 37.1 Å². The standard InChI is InChI=1S/C22H28ClN3O3/c1-14-11-15(2)24-21(14)22(28)26-10-4-5-16(13-26)6-9-20(27)25-17-7-8-19(29-3)18(23)12-17/h7-8,11-12,16,24H,4-6,9-10,13H2,1-3H3,(H,25,27). The summed E-state index contributed by atoms with van der Waals surface area (Å²) in [6, 6.07) is 7.17. The maximum Gasteiger partial charge on any atom is 0.270 e. The first-order chi connectivity index (χ1) is 13.9. The Balaban J connectivity index is 1.51. The summed E-state index contributed by atoms with van der Waals surface area (Å²) in [5.41, 5.74) is 3.30. The highest BCUT2D eigenvalue weighted by Crippen LogP contribution is 2.28. The Kier molecular flexibility index (Phi) is 6.85. The van der Waals surface area contributed by atoms with E-state index in [0.29, 0.717) is 41.0 Å². The van der Waals surface area contributed by atoms with Gasteiger partial charge in [0.2, 0.25) is 5.91 Å². The Morgan fingerprint density at radius 3 is 2.76 bits per heavy atom. The third kappa shape index (κ3) is 5.32. The molecule has 1 aliphatic rings. The van der Waals surface area contributed by atoms with Gasteiger partial charge in [0, 0.05) is 30.9 Å². The number of anilines is 1. The molecule has 1 fully saturated rings. The van der Waals surface area contributed by atoms with Gasteiger partial charge in [0.1, 0.15) is 11.4 Å². The number of hydrogen-bond acceptors (Lipinski definition) is 3. The minimum Gasteiger partial charge on any atom is -0.495 e. The second-order valence-electron chi connectivity index (χ2n) is 7.71. The average molecular weight is 418 g/mol. The Bertz CT molecular complexity index is 893. The number of benzene rings is 1. The van der Waals surface area contributed by atoms with Gasteiger partial charge in [-0.15, -0.1) is 0 Å². The van der Waals surface area contributed by atoms with Gasteiger partial charge in [-0.3, -0.25) is 9.59 Å². The zero-order valence-corrected chi connectivity index (χ0v) is 17.9. The van der Waals surface area contributed by atoms with Crippen molar-refractivity contribution in [1.82, 2.24) is 9.88 Å². The lowest BCUT2D eigenvalue weighted by atomic mass is 9.93. The average Bonchev–Trinajstić information content (AvgIpc) is 3.04. The molecule has 1 atom stereocenters. The summed E-state index contributed by atoms with van der Waals surface area (Å²) in [6.45, 7) is 5.37. The van der Waals surface area contributed by atoms with E-state index in [2.05, 4.69) is 10.3 Å². The fourth-order valence-electron chi connectivity index (χ4n) is 3.90. The molecule has 1 aromatic heterocycles. The molecule has 1 aliphatic heterocycles. The van der Waals surface area contributed by atoms with Crippen molar-refractivity contribution in [2.24, 2.45) is 5.92 Å². The smallest absolute Gasteiger partial charge is 0.270 e. The number of H-pyrrole nitrogens is 1. The molecular weight excluding hydrogens is 390 g/mol. The third-order valence-electron chi connectivity index (χ3n) is 5.38. The number of piperidine rings is 1. The summed E-state index contributed by atoms with van der Waals surface area (Å²) in [5.74, 6) is 0.904. The van der Waals surface area contributed by atoms with E-state index in [4.69, 9.17) is 16.3 Å². The summed E-state index contributed by atoms with van der Waals surface area (Å²) in [4.78, 5) is 30.3. The van der Waals surface area contributed by atoms with Crippen molar-refractivity contribution >= 4 is 29.1 Å². The Hall–Kier alpha value is -2.47. The van der Waals surface area contributed by atoms with Crippen LogP contribution < -0.4 is 10.1 Å². The van der Waals surface area contributed by atoms with Crippen LogP contribution in [0.1, 0.15) is 47.4 Å². The molecule has 1 unspecified atom stereocenters. The molecule has 3 rings (SSSR count). The normalized spacial score (nSPS) is 16.6. The number of aromatic nitrogens is 1. The summed E-state index contributed by atoms with van der Waals surface area (Å²) < 4.78 is 5.12. The van der Waals surface area contributed by atoms with E-state index in [-0.39, 0.29) is 11.8 Å². The second kappa shape index (κ2) is 9.35. The van der Waals surface area contributed by atoms with Crippen molar-refractivity contribution in [2.75, 3.05) is 25.5 Å². The van der Waals surface area contributed by atoms with Crippen LogP contribution in [0.5, 0.6) is 5.75 Å². The highest BCUT2D eigenvalue weighted by molar-refractivity contribution is 6.32. The predicted octanol–water partition coefficient (Wildman–Crippen LogP) is 4.56. The molecule has 0 aliphatic carbocycles. The van der Waals surface area contributed by atoms with Gasteiger partial charge in [0.05, 0.1) is 12.1 Å². The number of carbonyl (C=O) groups is 2. The van der Waals surface area contributed by atoms with Crippen LogP contribution in [-0.2, 0) is 4.79 Å². The number of methoxy groups -OCH3 is 1. The number of aromatic amines is 1. The van der Waals surface area contributed by atoms with Crippen LogP contribution in [0.15, 0.2) is 24.3 Å². The summed E-state index contributed by atoms with van der Waals surface area (Å²) in [5, 5.41) is 3.34. The van der Waals surface area contributed by atoms with Crippen LogP contribution in [0, 0.1) is 19.8 Å². The molecule has 2 aromatic rings. The molecule has 29 heavy (non-hydrogen) atoms. The van der Waals surface area contributed by atoms with Gasteiger partial charge in [0.15, 0.2) is 0 Å². The first kappa shape index (κ1) is 21.2. The summed E-state index contributed by atoms with van der Waals surface area (Å²) >= 11 is 6.10. The monoisotopic (exact) mass is 417 g/mol. The second-order valence-corrected chi connectivity index (χ2v) is 8.11. The molecule has 2 amide bonds. The van der Waals surface area contributed by atoms with Gasteiger partial charge in [-0.05, 0) is 68.9 Å². The first-order valence-corrected chi connectivity index (χ1v) is 10.3. The van der Waals surface area contributed by atoms with Crippen molar-refractivity contribution in [3.8, 4) is 5.75 Å². The number of hydrogen-bond donors (Lipinski definition) is 2. The molecule has 0 saturated carbocycles. The van der Waals surface area contributed by atoms with Crippen molar-refractivity contribution in [2.45, 2.75) is 39.5 Å². The number of ether oxygens (including phenoxy) is 1. The summed E-state index contributed by atoms with van der Waals surface area (Å²) in [7, 11) is 1.55. The van der Waals surface area contributed by atoms with Gasteiger partial charge in [-0.25, -0.2) is 0 Å². The van der Waals surface area contributed by atoms with Gasteiger partial charge < -0.3 is 19.9 Å². The lowest BCUT2D eigenvalue weighted by Gasteiger charge is -2.32. The molecule has 0 radical (unpaired) electrons. The minimum absolute atomic E-state index is 0.0504. The number of likely N-dealkylation sites (tertiary alicyclic amines) is 1. The number of carbonyl (C=O) groups excluding carboxylic acids is 2. The van der Waals surface area contributed by atoms with Crippen LogP contribution in [-0.4, -0.2) is 41.9 Å². The Morgan fingerprint density at radius 1 is 1.31 bits per heavy atom. The van der Waals surface area contributed by atoms with Gasteiger partial charge >= 0.3 is 0 Å². The van der Waals surface area contributed by atoms with Gasteiger partial charge in [0.25, 0.3) is 5.91 Å². The SMILES string of the molecule is COc1ccc(NC(=O)CCC2CCCN(C(=O)c3[nH]c(C)cc3C)C2)cc1Cl. The lowest BCUT2D eigenvalue weighted by Crippen LogP contribution is -2.40. The molecule has 156 valence electrons. The van der Waals surface area contributed by atoms with Gasteiger partial charge in [-0.2, -0.15) is 0 Å². The van der Waals surface area contributed by atoms with E-state index in [1.807, 2.05) is 24.8 Å². The number of amides is 2. The molecular formula is C22H28ClN3O3. The number of nitrogens with one attached hydrogen (secondary N) is 2. The maximum atomic E-state index is 12.8. The number of halogens is 1. The van der Waals surface area contributed by atoms with Gasteiger partial charge in [-0.1, -0.05) is 11.6 Å². The van der Waals surface area contributed by atoms with Crippen molar-refractivity contribution in [3.63, 3.8) is 0 Å². The van der Waals surface area contributed by atoms with E-state index in [1.54, 1.807) is 25.3 Å². The molecule has 0 spiro atoms. The topological polar surface area (TPSA) is 74.4 Å². The predicted molar refractivity (Wildman–Crippen MR) is 115 cm³/mol. The lowest BCUT2D eigenvalue weighted by molar-refractivity contribution is -0.116. The van der Waals surface area contributed by atoms with Crippen LogP contribution in [0.2, 0.25) is 5.02 Å². The maximum absolute atomic E-state index is 12.8. The fourth-order valence-corrected chi connectivity index (χ4v) is 4.15. The van der Waals surface area contributed by atoms with Crippen molar-refractivity contribution in [1.29, 1.82) is 0 Å². The molecule has 1 aromatic carbocycles. The molecule has 1 saturated heterocycles. The summed E-state index contributed by atoms with van der Waals surface area (Å²) in [6.07, 6.45) is 3.16. The highest BCUT2D eigenvalue weighted by atomic mass is 35.5. The van der Waals surface area contributed by atoms with E-state index in [1.165, 1.54) is 0 Å². The van der Waals surface area contributed by atoms with E-state index >= 15 is 0 Å². The van der Waals surface area contributed by atoms with Crippen molar-refractivity contribution in [3.05, 3.63) is 46.2 Å². The number of rotatable bonds is 6. The molecule has 2 heterocycles.